The molecule has 1 unspecified atom stereocenters. The van der Waals surface area contributed by atoms with E-state index in [-0.39, 0.29) is 28.8 Å². The minimum atomic E-state index is -0.555. The van der Waals surface area contributed by atoms with Crippen LogP contribution in [0, 0.1) is 17.1 Å². The van der Waals surface area contributed by atoms with E-state index in [1.54, 1.807) is 25.3 Å². The molecule has 0 bridgehead atoms. The first-order valence-corrected chi connectivity index (χ1v) is 12.7. The normalized spacial score (nSPS) is 16.0. The summed E-state index contributed by atoms with van der Waals surface area (Å²) >= 11 is 5.96. The van der Waals surface area contributed by atoms with Crippen molar-refractivity contribution >= 4 is 45.5 Å². The Hall–Kier alpha value is -3.75. The van der Waals surface area contributed by atoms with Gasteiger partial charge in [-0.05, 0) is 38.2 Å². The van der Waals surface area contributed by atoms with Crippen LogP contribution in [0.4, 0.5) is 21.5 Å². The summed E-state index contributed by atoms with van der Waals surface area (Å²) in [6.45, 7) is 3.45. The maximum Gasteiger partial charge on any atom is 0.248 e. The van der Waals surface area contributed by atoms with Gasteiger partial charge in [0.05, 0.1) is 40.7 Å². The highest BCUT2D eigenvalue weighted by atomic mass is 35.5. The minimum Gasteiger partial charge on any atom is -0.486 e. The Kier molecular flexibility index (Phi) is 9.32. The van der Waals surface area contributed by atoms with Crippen LogP contribution >= 0.6 is 11.6 Å². The van der Waals surface area contributed by atoms with Crippen molar-refractivity contribution in [2.24, 2.45) is 0 Å². The fourth-order valence-electron chi connectivity index (χ4n) is 3.97. The molecule has 2 aromatic carbocycles. The molecule has 1 amide bonds. The number of carbonyl (C=O) groups is 1. The van der Waals surface area contributed by atoms with Gasteiger partial charge < -0.3 is 24.8 Å². The lowest BCUT2D eigenvalue weighted by molar-refractivity contribution is -0.112. The van der Waals surface area contributed by atoms with E-state index >= 15 is 0 Å². The zero-order valence-electron chi connectivity index (χ0n) is 21.8. The van der Waals surface area contributed by atoms with Gasteiger partial charge in [-0.15, -0.1) is 0 Å². The van der Waals surface area contributed by atoms with Gasteiger partial charge in [0.2, 0.25) is 5.91 Å². The third kappa shape index (κ3) is 7.02. The lowest BCUT2D eigenvalue weighted by atomic mass is 10.1. The van der Waals surface area contributed by atoms with Gasteiger partial charge in [0.25, 0.3) is 0 Å². The van der Waals surface area contributed by atoms with E-state index in [1.807, 2.05) is 18.9 Å². The molecule has 1 fully saturated rings. The number of fused-ring (bicyclic) bond motifs is 1. The number of hydrogen-bond donors (Lipinski definition) is 2. The molecule has 3 aromatic rings. The molecule has 9 nitrogen and oxygen atoms in total. The minimum absolute atomic E-state index is 0.0587. The molecule has 2 atom stereocenters. The molecule has 1 aromatic heterocycles. The molecule has 0 aliphatic carbocycles. The summed E-state index contributed by atoms with van der Waals surface area (Å²) in [4.78, 5) is 19.2. The summed E-state index contributed by atoms with van der Waals surface area (Å²) in [5, 5.41) is 16.3. The fraction of sp³-hybridized carbons (Fsp3) is 0.321. The Morgan fingerprint density at radius 3 is 2.92 bits per heavy atom. The fourth-order valence-corrected chi connectivity index (χ4v) is 4.15. The van der Waals surface area contributed by atoms with Crippen molar-refractivity contribution in [2.75, 3.05) is 44.5 Å². The van der Waals surface area contributed by atoms with Crippen molar-refractivity contribution in [3.63, 3.8) is 0 Å². The van der Waals surface area contributed by atoms with E-state index in [9.17, 15) is 14.4 Å². The number of carbonyl (C=O) groups excluding carboxylic acids is 1. The van der Waals surface area contributed by atoms with Crippen molar-refractivity contribution in [3.05, 3.63) is 65.1 Å². The number of rotatable bonds is 10. The summed E-state index contributed by atoms with van der Waals surface area (Å²) in [6.07, 6.45) is 5.06. The van der Waals surface area contributed by atoms with E-state index in [1.165, 1.54) is 30.5 Å². The highest BCUT2D eigenvalue weighted by Crippen LogP contribution is 2.37. The third-order valence-corrected chi connectivity index (χ3v) is 6.63. The third-order valence-electron chi connectivity index (χ3n) is 6.34. The second kappa shape index (κ2) is 12.9. The highest BCUT2D eigenvalue weighted by Gasteiger charge is 2.21. The summed E-state index contributed by atoms with van der Waals surface area (Å²) < 4.78 is 30.6. The molecule has 2 heterocycles. The molecule has 0 spiro atoms. The first-order valence-electron chi connectivity index (χ1n) is 12.3. The average molecular weight is 554 g/mol. The van der Waals surface area contributed by atoms with Crippen molar-refractivity contribution in [1.82, 2.24) is 9.88 Å². The monoisotopic (exact) mass is 553 g/mol. The van der Waals surface area contributed by atoms with Crippen LogP contribution in [0.15, 0.2) is 48.7 Å². The lowest BCUT2D eigenvalue weighted by Crippen LogP contribution is -2.30. The molecule has 4 rings (SSSR count). The molecule has 1 saturated heterocycles. The van der Waals surface area contributed by atoms with E-state index in [0.717, 1.165) is 0 Å². The number of likely N-dealkylation sites (N-methyl/N-ethyl adjacent to an activating group) is 1. The molecule has 11 heteroatoms. The molecule has 1 aliphatic rings. The number of benzene rings is 2. The molecule has 0 saturated carbocycles. The van der Waals surface area contributed by atoms with E-state index in [2.05, 4.69) is 21.7 Å². The van der Waals surface area contributed by atoms with E-state index < -0.39 is 5.82 Å². The van der Waals surface area contributed by atoms with Crippen LogP contribution in [-0.2, 0) is 14.3 Å². The number of nitrogens with zero attached hydrogens (tertiary/aromatic N) is 3. The van der Waals surface area contributed by atoms with Crippen molar-refractivity contribution in [3.8, 4) is 11.8 Å². The summed E-state index contributed by atoms with van der Waals surface area (Å²) in [5.74, 6) is -0.483. The van der Waals surface area contributed by atoms with Gasteiger partial charge in [0, 0.05) is 49.5 Å². The predicted octanol–water partition coefficient (Wildman–Crippen LogP) is 5.23. The Bertz CT molecular complexity index is 1420. The van der Waals surface area contributed by atoms with E-state index in [4.69, 9.17) is 25.8 Å². The second-order valence-electron chi connectivity index (χ2n) is 9.05. The SMILES string of the molecule is CO[C@@H](C)N(C)CC=CC(=O)Nc1cc2c(Nc3ccc(F)c(Cl)c3)c(C#N)cnc2cc1OC1CCOC1. The van der Waals surface area contributed by atoms with E-state index in [0.29, 0.717) is 59.9 Å². The van der Waals surface area contributed by atoms with Gasteiger partial charge in [-0.2, -0.15) is 5.26 Å². The van der Waals surface area contributed by atoms with Crippen molar-refractivity contribution in [2.45, 2.75) is 25.7 Å². The maximum atomic E-state index is 13.7. The molecule has 2 N–H and O–H groups in total. The number of ether oxygens (including phenoxy) is 3. The number of anilines is 3. The van der Waals surface area contributed by atoms with Crippen LogP contribution in [0.2, 0.25) is 5.02 Å². The van der Waals surface area contributed by atoms with Gasteiger partial charge in [0.1, 0.15) is 30.0 Å². The highest BCUT2D eigenvalue weighted by molar-refractivity contribution is 6.31. The van der Waals surface area contributed by atoms with Gasteiger partial charge >= 0.3 is 0 Å². The second-order valence-corrected chi connectivity index (χ2v) is 9.45. The van der Waals surface area contributed by atoms with Crippen molar-refractivity contribution < 1.29 is 23.4 Å². The molecular formula is C28H29ClFN5O4. The average Bonchev–Trinajstić information content (AvgIpc) is 3.44. The number of nitriles is 1. The van der Waals surface area contributed by atoms with Gasteiger partial charge in [-0.25, -0.2) is 4.39 Å². The number of amides is 1. The Morgan fingerprint density at radius 1 is 1.41 bits per heavy atom. The number of nitrogens with one attached hydrogen (secondary N) is 2. The molecular weight excluding hydrogens is 525 g/mol. The van der Waals surface area contributed by atoms with Crippen LogP contribution in [0.1, 0.15) is 18.9 Å². The summed E-state index contributed by atoms with van der Waals surface area (Å²) in [7, 11) is 3.51. The Labute approximate surface area is 231 Å². The van der Waals surface area contributed by atoms with Crippen LogP contribution in [0.25, 0.3) is 10.9 Å². The zero-order chi connectivity index (χ0) is 27.9. The first-order chi connectivity index (χ1) is 18.8. The van der Waals surface area contributed by atoms with Gasteiger partial charge in [-0.3, -0.25) is 14.7 Å². The van der Waals surface area contributed by atoms with Crippen molar-refractivity contribution in [1.29, 1.82) is 5.26 Å². The van der Waals surface area contributed by atoms with Gasteiger partial charge in [-0.1, -0.05) is 17.7 Å². The number of hydrogen-bond acceptors (Lipinski definition) is 8. The topological polar surface area (TPSA) is 109 Å². The first kappa shape index (κ1) is 28.3. The Morgan fingerprint density at radius 2 is 2.23 bits per heavy atom. The van der Waals surface area contributed by atoms with Gasteiger partial charge in [0.15, 0.2) is 0 Å². The predicted molar refractivity (Wildman–Crippen MR) is 148 cm³/mol. The molecule has 39 heavy (non-hydrogen) atoms. The molecule has 1 aliphatic heterocycles. The quantitative estimate of drug-likeness (QED) is 0.259. The Balaban J connectivity index is 1.70. The zero-order valence-corrected chi connectivity index (χ0v) is 22.6. The largest absolute Gasteiger partial charge is 0.486 e. The number of pyridine rings is 1. The maximum absolute atomic E-state index is 13.7. The standard InChI is InChI=1S/C28H29ClFN5O4/c1-17(37-3)35(2)9-4-5-27(36)34-25-12-21-24(13-26(25)39-20-8-10-38-16-20)32-15-18(14-31)28(21)33-19-6-7-23(30)22(29)11-19/h4-7,11-13,15,17,20H,8-10,16H2,1-3H3,(H,32,33)(H,34,36)/t17-,20?/m0/s1. The van der Waals surface area contributed by atoms with Crippen LogP contribution in [-0.4, -0.2) is 62.0 Å². The number of methoxy groups -OCH3 is 1. The van der Waals surface area contributed by atoms with Crippen LogP contribution in [0.3, 0.4) is 0 Å². The van der Waals surface area contributed by atoms with Crippen LogP contribution in [0.5, 0.6) is 5.75 Å². The van der Waals surface area contributed by atoms with Crippen LogP contribution < -0.4 is 15.4 Å². The summed E-state index contributed by atoms with van der Waals surface area (Å²) in [6, 6.07) is 9.72. The smallest absolute Gasteiger partial charge is 0.248 e. The molecule has 0 radical (unpaired) electrons. The number of halogens is 2. The number of aromatic nitrogens is 1. The summed E-state index contributed by atoms with van der Waals surface area (Å²) in [5.41, 5.74) is 2.11. The lowest BCUT2D eigenvalue weighted by Gasteiger charge is -2.21. The molecule has 204 valence electrons.